The van der Waals surface area contributed by atoms with Gasteiger partial charge in [0.05, 0.1) is 13.2 Å². The minimum absolute atomic E-state index is 0.00589. The number of nitrogens with zero attached hydrogens (tertiary/aromatic N) is 4. The van der Waals surface area contributed by atoms with Gasteiger partial charge in [-0.25, -0.2) is 0 Å². The van der Waals surface area contributed by atoms with Gasteiger partial charge in [-0.15, -0.1) is 10.2 Å². The molecular formula is C21H24ClN5O3. The van der Waals surface area contributed by atoms with Crippen LogP contribution in [-0.2, 0) is 17.8 Å². The summed E-state index contributed by atoms with van der Waals surface area (Å²) >= 11 is 5.88. The van der Waals surface area contributed by atoms with Gasteiger partial charge in [0.25, 0.3) is 0 Å². The maximum atomic E-state index is 12.2. The summed E-state index contributed by atoms with van der Waals surface area (Å²) < 4.78 is 11.2. The average molecular weight is 430 g/mol. The number of carbonyl (C=O) groups is 1. The van der Waals surface area contributed by atoms with Crippen molar-refractivity contribution in [2.75, 3.05) is 19.8 Å². The molecule has 0 aliphatic carbocycles. The molecule has 0 aliphatic heterocycles. The first-order chi connectivity index (χ1) is 14.6. The molecule has 1 aromatic heterocycles. The molecule has 0 fully saturated rings. The predicted molar refractivity (Wildman–Crippen MR) is 114 cm³/mol. The molecule has 8 nitrogen and oxygen atoms in total. The van der Waals surface area contributed by atoms with Crippen LogP contribution in [0.4, 0.5) is 0 Å². The summed E-state index contributed by atoms with van der Waals surface area (Å²) in [6.45, 7) is 5.47. The minimum atomic E-state index is -0.189. The number of hydrogen-bond acceptors (Lipinski definition) is 6. The Morgan fingerprint density at radius 3 is 2.53 bits per heavy atom. The molecule has 3 aromatic rings. The Kier molecular flexibility index (Phi) is 7.62. The highest BCUT2D eigenvalue weighted by molar-refractivity contribution is 6.30. The van der Waals surface area contributed by atoms with Gasteiger partial charge in [-0.1, -0.05) is 17.7 Å². The van der Waals surface area contributed by atoms with E-state index in [2.05, 4.69) is 20.7 Å². The first kappa shape index (κ1) is 21.6. The molecule has 30 heavy (non-hydrogen) atoms. The number of nitrogens with one attached hydrogen (secondary N) is 1. The Morgan fingerprint density at radius 1 is 1.07 bits per heavy atom. The van der Waals surface area contributed by atoms with E-state index in [-0.39, 0.29) is 12.5 Å². The molecule has 0 aliphatic rings. The van der Waals surface area contributed by atoms with Gasteiger partial charge in [0.1, 0.15) is 6.54 Å². The quantitative estimate of drug-likeness (QED) is 0.532. The summed E-state index contributed by atoms with van der Waals surface area (Å²) in [6, 6.07) is 12.9. The molecule has 0 bridgehead atoms. The number of rotatable bonds is 10. The third-order valence-corrected chi connectivity index (χ3v) is 4.44. The zero-order valence-electron chi connectivity index (χ0n) is 17.0. The van der Waals surface area contributed by atoms with Crippen LogP contribution in [0.3, 0.4) is 0 Å². The van der Waals surface area contributed by atoms with E-state index in [0.29, 0.717) is 42.8 Å². The molecule has 0 saturated carbocycles. The summed E-state index contributed by atoms with van der Waals surface area (Å²) in [7, 11) is 0. The van der Waals surface area contributed by atoms with Crippen LogP contribution >= 0.6 is 11.6 Å². The fraction of sp³-hybridized carbons (Fsp3) is 0.333. The molecule has 1 heterocycles. The Bertz CT molecular complexity index is 975. The van der Waals surface area contributed by atoms with Crippen molar-refractivity contribution >= 4 is 17.5 Å². The summed E-state index contributed by atoms with van der Waals surface area (Å²) in [5.41, 5.74) is 1.83. The minimum Gasteiger partial charge on any atom is -0.490 e. The zero-order chi connectivity index (χ0) is 21.3. The third-order valence-electron chi connectivity index (χ3n) is 4.18. The van der Waals surface area contributed by atoms with Crippen LogP contribution in [-0.4, -0.2) is 45.9 Å². The smallest absolute Gasteiger partial charge is 0.243 e. The van der Waals surface area contributed by atoms with E-state index in [4.69, 9.17) is 21.1 Å². The van der Waals surface area contributed by atoms with Crippen molar-refractivity contribution in [3.05, 3.63) is 53.1 Å². The summed E-state index contributed by atoms with van der Waals surface area (Å²) in [5, 5.41) is 15.6. The van der Waals surface area contributed by atoms with E-state index < -0.39 is 0 Å². The Balaban J connectivity index is 1.50. The summed E-state index contributed by atoms with van der Waals surface area (Å²) in [5.74, 6) is 1.69. The van der Waals surface area contributed by atoms with Crippen LogP contribution in [0, 0.1) is 0 Å². The molecule has 1 N–H and O–H groups in total. The van der Waals surface area contributed by atoms with Crippen molar-refractivity contribution in [3.63, 3.8) is 0 Å². The lowest BCUT2D eigenvalue weighted by molar-refractivity contribution is -0.122. The summed E-state index contributed by atoms with van der Waals surface area (Å²) in [4.78, 5) is 13.5. The molecule has 1 amide bonds. The monoisotopic (exact) mass is 429 g/mol. The molecular weight excluding hydrogens is 406 g/mol. The Hall–Kier alpha value is -3.13. The lowest BCUT2D eigenvalue weighted by Crippen LogP contribution is -2.30. The van der Waals surface area contributed by atoms with Crippen molar-refractivity contribution in [2.45, 2.75) is 26.8 Å². The van der Waals surface area contributed by atoms with E-state index in [1.165, 1.54) is 4.80 Å². The molecule has 158 valence electrons. The second kappa shape index (κ2) is 10.6. The van der Waals surface area contributed by atoms with E-state index in [0.717, 1.165) is 16.9 Å². The largest absolute Gasteiger partial charge is 0.490 e. The SMILES string of the molecule is CCOc1ccc(CCNC(=O)Cn2nnc(-c3ccc(Cl)cc3)n2)cc1OCC. The van der Waals surface area contributed by atoms with Gasteiger partial charge >= 0.3 is 0 Å². The molecule has 0 atom stereocenters. The van der Waals surface area contributed by atoms with Crippen molar-refractivity contribution in [1.82, 2.24) is 25.5 Å². The van der Waals surface area contributed by atoms with Crippen molar-refractivity contribution in [2.24, 2.45) is 0 Å². The highest BCUT2D eigenvalue weighted by Gasteiger charge is 2.10. The average Bonchev–Trinajstić information content (AvgIpc) is 3.19. The molecule has 0 radical (unpaired) electrons. The van der Waals surface area contributed by atoms with Gasteiger partial charge in [-0.3, -0.25) is 4.79 Å². The highest BCUT2D eigenvalue weighted by Crippen LogP contribution is 2.28. The molecule has 9 heteroatoms. The second-order valence-electron chi connectivity index (χ2n) is 6.40. The van der Waals surface area contributed by atoms with Crippen LogP contribution < -0.4 is 14.8 Å². The number of benzene rings is 2. The zero-order valence-corrected chi connectivity index (χ0v) is 17.7. The number of carbonyl (C=O) groups excluding carboxylic acids is 1. The maximum Gasteiger partial charge on any atom is 0.243 e. The second-order valence-corrected chi connectivity index (χ2v) is 6.83. The van der Waals surface area contributed by atoms with Gasteiger partial charge in [0.15, 0.2) is 11.5 Å². The fourth-order valence-corrected chi connectivity index (χ4v) is 2.93. The van der Waals surface area contributed by atoms with Crippen molar-refractivity contribution in [1.29, 1.82) is 0 Å². The molecule has 0 unspecified atom stereocenters. The molecule has 0 saturated heterocycles. The Labute approximate surface area is 180 Å². The predicted octanol–water partition coefficient (Wildman–Crippen LogP) is 3.15. The number of hydrogen-bond donors (Lipinski definition) is 1. The first-order valence-electron chi connectivity index (χ1n) is 9.78. The third kappa shape index (κ3) is 5.93. The number of ether oxygens (including phenoxy) is 2. The first-order valence-corrected chi connectivity index (χ1v) is 10.2. The van der Waals surface area contributed by atoms with Gasteiger partial charge < -0.3 is 14.8 Å². The topological polar surface area (TPSA) is 91.2 Å². The molecule has 0 spiro atoms. The standard InChI is InChI=1S/C21H24ClN5O3/c1-3-29-18-10-5-15(13-19(18)30-4-2)11-12-23-20(28)14-27-25-21(24-26-27)16-6-8-17(22)9-7-16/h5-10,13H,3-4,11-12,14H2,1-2H3,(H,23,28). The lowest BCUT2D eigenvalue weighted by atomic mass is 10.1. The van der Waals surface area contributed by atoms with Crippen LogP contribution in [0.25, 0.3) is 11.4 Å². The number of aromatic nitrogens is 4. The fourth-order valence-electron chi connectivity index (χ4n) is 2.81. The number of amides is 1. The Morgan fingerprint density at radius 2 is 1.80 bits per heavy atom. The van der Waals surface area contributed by atoms with Gasteiger partial charge in [-0.05, 0) is 67.4 Å². The number of tetrazole rings is 1. The lowest BCUT2D eigenvalue weighted by Gasteiger charge is -2.12. The van der Waals surface area contributed by atoms with Crippen LogP contribution in [0.5, 0.6) is 11.5 Å². The van der Waals surface area contributed by atoms with E-state index in [1.807, 2.05) is 32.0 Å². The maximum absolute atomic E-state index is 12.2. The van der Waals surface area contributed by atoms with Crippen LogP contribution in [0.1, 0.15) is 19.4 Å². The van der Waals surface area contributed by atoms with Gasteiger partial charge in [0.2, 0.25) is 11.7 Å². The van der Waals surface area contributed by atoms with E-state index >= 15 is 0 Å². The normalized spacial score (nSPS) is 10.6. The molecule has 3 rings (SSSR count). The highest BCUT2D eigenvalue weighted by atomic mass is 35.5. The summed E-state index contributed by atoms with van der Waals surface area (Å²) in [6.07, 6.45) is 0.666. The van der Waals surface area contributed by atoms with Crippen LogP contribution in [0.2, 0.25) is 5.02 Å². The molecule has 2 aromatic carbocycles. The van der Waals surface area contributed by atoms with Gasteiger partial charge in [-0.2, -0.15) is 4.80 Å². The van der Waals surface area contributed by atoms with E-state index in [9.17, 15) is 4.79 Å². The van der Waals surface area contributed by atoms with Gasteiger partial charge in [0, 0.05) is 17.1 Å². The van der Waals surface area contributed by atoms with Crippen molar-refractivity contribution in [3.8, 4) is 22.9 Å². The van der Waals surface area contributed by atoms with Crippen LogP contribution in [0.15, 0.2) is 42.5 Å². The van der Waals surface area contributed by atoms with E-state index in [1.54, 1.807) is 24.3 Å². The van der Waals surface area contributed by atoms with Crippen molar-refractivity contribution < 1.29 is 14.3 Å². The number of halogens is 1.